The molecular weight excluding hydrogens is 240 g/mol. The number of aryl methyl sites for hydroxylation is 2. The van der Waals surface area contributed by atoms with Crippen molar-refractivity contribution in [3.8, 4) is 0 Å². The molecule has 0 aromatic carbocycles. The molecule has 0 saturated heterocycles. The van der Waals surface area contributed by atoms with Gasteiger partial charge < -0.3 is 4.57 Å². The zero-order valence-electron chi connectivity index (χ0n) is 12.4. The highest BCUT2D eigenvalue weighted by atomic mass is 16.2. The van der Waals surface area contributed by atoms with Crippen LogP contribution in [0.5, 0.6) is 0 Å². The van der Waals surface area contributed by atoms with Crippen molar-refractivity contribution in [2.45, 2.75) is 52.9 Å². The molecule has 0 unspecified atom stereocenters. The summed E-state index contributed by atoms with van der Waals surface area (Å²) >= 11 is 0. The molecule has 0 aliphatic rings. The minimum Gasteiger partial charge on any atom is -0.303 e. The number of hydrogen-bond donors (Lipinski definition) is 0. The van der Waals surface area contributed by atoms with Crippen molar-refractivity contribution in [2.75, 3.05) is 0 Å². The zero-order chi connectivity index (χ0) is 14.4. The first kappa shape index (κ1) is 15.5. The minimum absolute atomic E-state index is 0.195. The van der Waals surface area contributed by atoms with E-state index < -0.39 is 0 Å². The van der Waals surface area contributed by atoms with E-state index in [4.69, 9.17) is 0 Å². The molecule has 0 aliphatic heterocycles. The lowest BCUT2D eigenvalue weighted by atomic mass is 10.1. The molecule has 0 N–H and O–H groups in total. The number of rotatable bonds is 6. The topological polar surface area (TPSA) is 44.0 Å². The van der Waals surface area contributed by atoms with E-state index in [1.54, 1.807) is 20.2 Å². The third-order valence-electron chi connectivity index (χ3n) is 3.15. The monoisotopic (exact) mass is 264 g/mol. The first-order valence-corrected chi connectivity index (χ1v) is 7.01. The molecular formula is C15H24N2O2. The summed E-state index contributed by atoms with van der Waals surface area (Å²) in [5, 5.41) is 0. The van der Waals surface area contributed by atoms with E-state index in [1.165, 1.54) is 9.13 Å². The Balaban J connectivity index is 3.34. The first-order chi connectivity index (χ1) is 9.02. The predicted octanol–water partition coefficient (Wildman–Crippen LogP) is 2.69. The molecule has 106 valence electrons. The molecule has 1 aromatic rings. The Morgan fingerprint density at radius 3 is 2.53 bits per heavy atom. The van der Waals surface area contributed by atoms with E-state index >= 15 is 0 Å². The van der Waals surface area contributed by atoms with Crippen LogP contribution in [0.25, 0.3) is 5.70 Å². The van der Waals surface area contributed by atoms with Crippen molar-refractivity contribution in [3.05, 3.63) is 38.7 Å². The molecule has 0 bridgehead atoms. The van der Waals surface area contributed by atoms with Crippen LogP contribution in [0.4, 0.5) is 0 Å². The maximum absolute atomic E-state index is 12.2. The van der Waals surface area contributed by atoms with E-state index in [0.29, 0.717) is 5.56 Å². The first-order valence-electron chi connectivity index (χ1n) is 7.01. The molecule has 1 aromatic heterocycles. The van der Waals surface area contributed by atoms with Gasteiger partial charge in [-0.3, -0.25) is 4.79 Å². The summed E-state index contributed by atoms with van der Waals surface area (Å²) in [4.78, 5) is 24.4. The third-order valence-corrected chi connectivity index (χ3v) is 3.15. The van der Waals surface area contributed by atoms with Crippen LogP contribution in [0.3, 0.4) is 0 Å². The van der Waals surface area contributed by atoms with Gasteiger partial charge in [-0.15, -0.1) is 0 Å². The van der Waals surface area contributed by atoms with Gasteiger partial charge in [0.2, 0.25) is 0 Å². The number of hydrogen-bond acceptors (Lipinski definition) is 2. The highest BCUT2D eigenvalue weighted by Gasteiger charge is 2.10. The van der Waals surface area contributed by atoms with Crippen molar-refractivity contribution in [1.29, 1.82) is 0 Å². The Morgan fingerprint density at radius 2 is 1.95 bits per heavy atom. The van der Waals surface area contributed by atoms with Crippen LogP contribution in [0.15, 0.2) is 21.9 Å². The van der Waals surface area contributed by atoms with Crippen LogP contribution in [0, 0.1) is 6.92 Å². The minimum atomic E-state index is -0.258. The van der Waals surface area contributed by atoms with E-state index in [9.17, 15) is 9.59 Å². The van der Waals surface area contributed by atoms with Gasteiger partial charge >= 0.3 is 5.69 Å². The van der Waals surface area contributed by atoms with Gasteiger partial charge in [-0.05, 0) is 19.8 Å². The molecule has 4 nitrogen and oxygen atoms in total. The molecule has 0 radical (unpaired) electrons. The van der Waals surface area contributed by atoms with Crippen molar-refractivity contribution in [3.63, 3.8) is 0 Å². The molecule has 0 aliphatic carbocycles. The average Bonchev–Trinajstić information content (AvgIpc) is 2.37. The lowest BCUT2D eigenvalue weighted by Crippen LogP contribution is -2.39. The van der Waals surface area contributed by atoms with E-state index in [-0.39, 0.29) is 11.2 Å². The summed E-state index contributed by atoms with van der Waals surface area (Å²) in [5.74, 6) is 0. The van der Waals surface area contributed by atoms with Gasteiger partial charge in [-0.1, -0.05) is 39.2 Å². The maximum atomic E-state index is 12.2. The average molecular weight is 264 g/mol. The van der Waals surface area contributed by atoms with Gasteiger partial charge in [0, 0.05) is 24.5 Å². The summed E-state index contributed by atoms with van der Waals surface area (Å²) in [7, 11) is 1.68. The summed E-state index contributed by atoms with van der Waals surface area (Å²) in [5.41, 5.74) is 0.982. The van der Waals surface area contributed by atoms with E-state index in [2.05, 4.69) is 13.8 Å². The second kappa shape index (κ2) is 7.12. The van der Waals surface area contributed by atoms with Gasteiger partial charge in [0.05, 0.1) is 0 Å². The van der Waals surface area contributed by atoms with Gasteiger partial charge in [-0.2, -0.15) is 0 Å². The van der Waals surface area contributed by atoms with Crippen LogP contribution in [-0.4, -0.2) is 9.13 Å². The molecule has 1 rings (SSSR count). The molecule has 1 heterocycles. The van der Waals surface area contributed by atoms with Gasteiger partial charge in [0.1, 0.15) is 0 Å². The van der Waals surface area contributed by atoms with Crippen molar-refractivity contribution >= 4 is 5.70 Å². The molecule has 0 atom stereocenters. The molecule has 0 spiro atoms. The van der Waals surface area contributed by atoms with Gasteiger partial charge in [-0.25, -0.2) is 9.36 Å². The Hall–Kier alpha value is -1.58. The van der Waals surface area contributed by atoms with Crippen LogP contribution in [0.1, 0.15) is 51.5 Å². The fourth-order valence-electron chi connectivity index (χ4n) is 2.11. The highest BCUT2D eigenvalue weighted by Crippen LogP contribution is 2.11. The Labute approximate surface area is 114 Å². The largest absolute Gasteiger partial charge is 0.335 e. The van der Waals surface area contributed by atoms with Crippen LogP contribution < -0.4 is 11.2 Å². The van der Waals surface area contributed by atoms with Crippen LogP contribution in [-0.2, 0) is 7.05 Å². The SMILES string of the molecule is CCCCC=C(CCC)n1c(=O)c(C)cn(C)c1=O. The van der Waals surface area contributed by atoms with Crippen molar-refractivity contribution in [1.82, 2.24) is 9.13 Å². The molecule has 4 heteroatoms. The number of unbranched alkanes of at least 4 members (excludes halogenated alkanes) is 2. The molecule has 0 fully saturated rings. The molecule has 19 heavy (non-hydrogen) atoms. The number of allylic oxidation sites excluding steroid dienone is 2. The Morgan fingerprint density at radius 1 is 1.26 bits per heavy atom. The normalized spacial score (nSPS) is 11.9. The number of nitrogens with zero attached hydrogens (tertiary/aromatic N) is 2. The van der Waals surface area contributed by atoms with Crippen molar-refractivity contribution in [2.24, 2.45) is 7.05 Å². The van der Waals surface area contributed by atoms with Crippen LogP contribution in [0.2, 0.25) is 0 Å². The number of aromatic nitrogens is 2. The second-order valence-corrected chi connectivity index (χ2v) is 4.93. The smallest absolute Gasteiger partial charge is 0.303 e. The zero-order valence-corrected chi connectivity index (χ0v) is 12.4. The fourth-order valence-corrected chi connectivity index (χ4v) is 2.11. The predicted molar refractivity (Wildman–Crippen MR) is 79.4 cm³/mol. The maximum Gasteiger partial charge on any atom is 0.335 e. The fraction of sp³-hybridized carbons (Fsp3) is 0.600. The quantitative estimate of drug-likeness (QED) is 0.741. The van der Waals surface area contributed by atoms with E-state index in [0.717, 1.165) is 37.8 Å². The van der Waals surface area contributed by atoms with Gasteiger partial charge in [0.15, 0.2) is 0 Å². The lowest BCUT2D eigenvalue weighted by molar-refractivity contribution is 0.713. The van der Waals surface area contributed by atoms with Gasteiger partial charge in [0.25, 0.3) is 5.56 Å². The molecule has 0 amide bonds. The Kier molecular flexibility index (Phi) is 5.80. The van der Waals surface area contributed by atoms with Crippen molar-refractivity contribution < 1.29 is 0 Å². The summed E-state index contributed by atoms with van der Waals surface area (Å²) in [6.45, 7) is 5.93. The highest BCUT2D eigenvalue weighted by molar-refractivity contribution is 5.44. The lowest BCUT2D eigenvalue weighted by Gasteiger charge is -2.12. The Bertz CT molecular complexity index is 530. The second-order valence-electron chi connectivity index (χ2n) is 4.93. The third kappa shape index (κ3) is 3.69. The summed E-state index contributed by atoms with van der Waals surface area (Å²) in [6, 6.07) is 0. The summed E-state index contributed by atoms with van der Waals surface area (Å²) in [6.07, 6.45) is 8.40. The van der Waals surface area contributed by atoms with Crippen LogP contribution >= 0.6 is 0 Å². The molecule has 0 saturated carbocycles. The summed E-state index contributed by atoms with van der Waals surface area (Å²) < 4.78 is 2.80. The standard InChI is InChI=1S/C15H24N2O2/c1-5-7-8-10-13(9-6-2)17-14(18)12(3)11-16(4)15(17)19/h10-11H,5-9H2,1-4H3. The van der Waals surface area contributed by atoms with E-state index in [1.807, 2.05) is 6.08 Å².